The highest BCUT2D eigenvalue weighted by molar-refractivity contribution is 6.22. The number of alkyl halides is 1. The van der Waals surface area contributed by atoms with Gasteiger partial charge in [0.2, 0.25) is 5.91 Å². The second kappa shape index (κ2) is 4.74. The number of carbonyl (C=O) groups excluding carboxylic acids is 1. The van der Waals surface area contributed by atoms with E-state index in [9.17, 15) is 4.79 Å². The summed E-state index contributed by atoms with van der Waals surface area (Å²) in [5, 5.41) is -0.0363. The Hall–Kier alpha value is -1.22. The van der Waals surface area contributed by atoms with Crippen molar-refractivity contribution in [2.24, 2.45) is 0 Å². The van der Waals surface area contributed by atoms with Gasteiger partial charge in [0.05, 0.1) is 12.5 Å². The van der Waals surface area contributed by atoms with Gasteiger partial charge in [-0.1, -0.05) is 12.1 Å². The van der Waals surface area contributed by atoms with Crippen LogP contribution in [0.3, 0.4) is 0 Å². The molecule has 0 radical (unpaired) electrons. The Kier molecular flexibility index (Phi) is 3.34. The maximum absolute atomic E-state index is 11.5. The summed E-state index contributed by atoms with van der Waals surface area (Å²) in [5.74, 6) is 0.961. The van der Waals surface area contributed by atoms with E-state index in [1.807, 2.05) is 24.3 Å². The third kappa shape index (κ3) is 2.47. The summed E-state index contributed by atoms with van der Waals surface area (Å²) >= 11 is 5.93. The first-order valence-electron chi connectivity index (χ1n) is 5.24. The summed E-state index contributed by atoms with van der Waals surface area (Å²) in [6.45, 7) is 1.28. The van der Waals surface area contributed by atoms with E-state index in [1.54, 1.807) is 12.0 Å². The van der Waals surface area contributed by atoms with Gasteiger partial charge in [-0.2, -0.15) is 0 Å². The first-order chi connectivity index (χ1) is 7.69. The number of likely N-dealkylation sites (tertiary alicyclic amines) is 1. The van der Waals surface area contributed by atoms with Crippen LogP contribution in [0.25, 0.3) is 0 Å². The maximum Gasteiger partial charge on any atom is 0.224 e. The van der Waals surface area contributed by atoms with Gasteiger partial charge >= 0.3 is 0 Å². The number of halogens is 1. The van der Waals surface area contributed by atoms with Crippen molar-refractivity contribution >= 4 is 17.5 Å². The second-order valence-electron chi connectivity index (χ2n) is 3.92. The predicted octanol–water partition coefficient (Wildman–Crippen LogP) is 2.03. The van der Waals surface area contributed by atoms with E-state index in [1.165, 1.54) is 0 Å². The first-order valence-corrected chi connectivity index (χ1v) is 5.67. The van der Waals surface area contributed by atoms with Crippen molar-refractivity contribution in [3.63, 3.8) is 0 Å². The molecular formula is C12H14ClNO2. The van der Waals surface area contributed by atoms with Crippen molar-refractivity contribution in [1.82, 2.24) is 4.90 Å². The van der Waals surface area contributed by atoms with Gasteiger partial charge in [0.15, 0.2) is 0 Å². The fourth-order valence-electron chi connectivity index (χ4n) is 1.83. The van der Waals surface area contributed by atoms with Gasteiger partial charge in [0, 0.05) is 19.5 Å². The maximum atomic E-state index is 11.5. The monoisotopic (exact) mass is 239 g/mol. The van der Waals surface area contributed by atoms with Crippen LogP contribution in [0.4, 0.5) is 0 Å². The van der Waals surface area contributed by atoms with Gasteiger partial charge in [-0.3, -0.25) is 4.79 Å². The highest BCUT2D eigenvalue weighted by Gasteiger charge is 2.27. The summed E-state index contributed by atoms with van der Waals surface area (Å²) in [6.07, 6.45) is 0.456. The van der Waals surface area contributed by atoms with E-state index in [0.717, 1.165) is 11.3 Å². The molecule has 1 aliphatic heterocycles. The molecule has 1 aliphatic rings. The predicted molar refractivity (Wildman–Crippen MR) is 62.7 cm³/mol. The quantitative estimate of drug-likeness (QED) is 0.756. The first kappa shape index (κ1) is 11.3. The summed E-state index contributed by atoms with van der Waals surface area (Å²) < 4.78 is 5.08. The molecular weight excluding hydrogens is 226 g/mol. The van der Waals surface area contributed by atoms with Crippen molar-refractivity contribution < 1.29 is 9.53 Å². The molecule has 3 nitrogen and oxygen atoms in total. The number of ether oxygens (including phenoxy) is 1. The second-order valence-corrected chi connectivity index (χ2v) is 4.54. The van der Waals surface area contributed by atoms with Crippen LogP contribution in [0.2, 0.25) is 0 Å². The van der Waals surface area contributed by atoms with Crippen LogP contribution in [0.5, 0.6) is 5.75 Å². The molecule has 1 fully saturated rings. The normalized spacial score (nSPS) is 20.2. The highest BCUT2D eigenvalue weighted by atomic mass is 35.5. The molecule has 1 aromatic rings. The SMILES string of the molecule is COc1ccc(CN2CC(Cl)CC2=O)cc1. The molecule has 2 rings (SSSR count). The van der Waals surface area contributed by atoms with Crippen LogP contribution in [0.1, 0.15) is 12.0 Å². The number of hydrogen-bond donors (Lipinski definition) is 0. The van der Waals surface area contributed by atoms with Crippen LogP contribution in [-0.4, -0.2) is 29.8 Å². The lowest BCUT2D eigenvalue weighted by Crippen LogP contribution is -2.24. The number of amides is 1. The zero-order valence-electron chi connectivity index (χ0n) is 9.15. The van der Waals surface area contributed by atoms with Gasteiger partial charge in [-0.15, -0.1) is 11.6 Å². The Bertz CT molecular complexity index is 377. The minimum Gasteiger partial charge on any atom is -0.497 e. The fraction of sp³-hybridized carbons (Fsp3) is 0.417. The topological polar surface area (TPSA) is 29.5 Å². The molecule has 0 aliphatic carbocycles. The molecule has 1 saturated heterocycles. The van der Waals surface area contributed by atoms with Gasteiger partial charge in [-0.05, 0) is 17.7 Å². The molecule has 16 heavy (non-hydrogen) atoms. The Morgan fingerprint density at radius 3 is 2.62 bits per heavy atom. The molecule has 1 atom stereocenters. The summed E-state index contributed by atoms with van der Waals surface area (Å²) in [5.41, 5.74) is 1.10. The Labute approximate surface area is 100.0 Å². The number of benzene rings is 1. The number of nitrogens with zero attached hydrogens (tertiary/aromatic N) is 1. The zero-order chi connectivity index (χ0) is 11.5. The summed E-state index contributed by atoms with van der Waals surface area (Å²) in [7, 11) is 1.64. The molecule has 1 unspecified atom stereocenters. The van der Waals surface area contributed by atoms with Crippen LogP contribution in [0.15, 0.2) is 24.3 Å². The molecule has 4 heteroatoms. The molecule has 0 spiro atoms. The molecule has 1 amide bonds. The molecule has 0 aromatic heterocycles. The average molecular weight is 240 g/mol. The van der Waals surface area contributed by atoms with Gasteiger partial charge < -0.3 is 9.64 Å². The zero-order valence-corrected chi connectivity index (χ0v) is 9.91. The Balaban J connectivity index is 2.01. The Morgan fingerprint density at radius 2 is 2.12 bits per heavy atom. The lowest BCUT2D eigenvalue weighted by atomic mass is 10.2. The van der Waals surface area contributed by atoms with Crippen LogP contribution in [0, 0.1) is 0 Å². The van der Waals surface area contributed by atoms with E-state index in [0.29, 0.717) is 19.5 Å². The minimum absolute atomic E-state index is 0.0363. The molecule has 0 bridgehead atoms. The number of methoxy groups -OCH3 is 1. The van der Waals surface area contributed by atoms with Crippen LogP contribution >= 0.6 is 11.6 Å². The lowest BCUT2D eigenvalue weighted by Gasteiger charge is -2.15. The van der Waals surface area contributed by atoms with Gasteiger partial charge in [0.1, 0.15) is 5.75 Å². The molecule has 1 heterocycles. The minimum atomic E-state index is -0.0363. The van der Waals surface area contributed by atoms with Crippen molar-refractivity contribution in [3.8, 4) is 5.75 Å². The van der Waals surface area contributed by atoms with Crippen molar-refractivity contribution in [2.75, 3.05) is 13.7 Å². The van der Waals surface area contributed by atoms with E-state index in [-0.39, 0.29) is 11.3 Å². The number of rotatable bonds is 3. The van der Waals surface area contributed by atoms with Crippen molar-refractivity contribution in [3.05, 3.63) is 29.8 Å². The molecule has 0 saturated carbocycles. The molecule has 86 valence electrons. The third-order valence-electron chi connectivity index (χ3n) is 2.70. The van der Waals surface area contributed by atoms with Crippen LogP contribution in [-0.2, 0) is 11.3 Å². The lowest BCUT2D eigenvalue weighted by molar-refractivity contribution is -0.128. The smallest absolute Gasteiger partial charge is 0.224 e. The van der Waals surface area contributed by atoms with Crippen molar-refractivity contribution in [1.29, 1.82) is 0 Å². The van der Waals surface area contributed by atoms with E-state index < -0.39 is 0 Å². The van der Waals surface area contributed by atoms with Crippen molar-refractivity contribution in [2.45, 2.75) is 18.3 Å². The average Bonchev–Trinajstić information content (AvgIpc) is 2.59. The highest BCUT2D eigenvalue weighted by Crippen LogP contribution is 2.20. The number of carbonyl (C=O) groups is 1. The van der Waals surface area contributed by atoms with Gasteiger partial charge in [0.25, 0.3) is 0 Å². The van der Waals surface area contributed by atoms with E-state index >= 15 is 0 Å². The summed E-state index contributed by atoms with van der Waals surface area (Å²) in [4.78, 5) is 13.3. The number of hydrogen-bond acceptors (Lipinski definition) is 2. The standard InChI is InChI=1S/C12H14ClNO2/c1-16-11-4-2-9(3-5-11)7-14-8-10(13)6-12(14)15/h2-5,10H,6-8H2,1H3. The van der Waals surface area contributed by atoms with E-state index in [4.69, 9.17) is 16.3 Å². The van der Waals surface area contributed by atoms with E-state index in [2.05, 4.69) is 0 Å². The largest absolute Gasteiger partial charge is 0.497 e. The molecule has 1 aromatic carbocycles. The van der Waals surface area contributed by atoms with Crippen LogP contribution < -0.4 is 4.74 Å². The van der Waals surface area contributed by atoms with Gasteiger partial charge in [-0.25, -0.2) is 0 Å². The fourth-order valence-corrected chi connectivity index (χ4v) is 2.13. The third-order valence-corrected chi connectivity index (χ3v) is 2.99. The molecule has 0 N–H and O–H groups in total. The Morgan fingerprint density at radius 1 is 1.44 bits per heavy atom. The summed E-state index contributed by atoms with van der Waals surface area (Å²) in [6, 6.07) is 7.73.